The summed E-state index contributed by atoms with van der Waals surface area (Å²) in [5.74, 6) is -5.18. The number of hydrogen-bond donors (Lipinski definition) is 6. The maximum absolute atomic E-state index is 11.7. The molecule has 0 aliphatic rings. The van der Waals surface area contributed by atoms with E-state index in [1.54, 1.807) is 0 Å². The van der Waals surface area contributed by atoms with Crippen LogP contribution in [0.1, 0.15) is 19.3 Å². The van der Waals surface area contributed by atoms with Crippen molar-refractivity contribution in [2.75, 3.05) is 6.54 Å². The first-order chi connectivity index (χ1) is 10.1. The van der Waals surface area contributed by atoms with Gasteiger partial charge in [-0.05, 0) is 6.42 Å². The van der Waals surface area contributed by atoms with Gasteiger partial charge in [0, 0.05) is 6.42 Å². The maximum Gasteiger partial charge on any atom is 0.322 e. The zero-order valence-corrected chi connectivity index (χ0v) is 11.6. The Hall–Kier alpha value is -2.69. The second-order valence-corrected chi connectivity index (χ2v) is 4.38. The first-order valence-corrected chi connectivity index (χ1v) is 6.19. The van der Waals surface area contributed by atoms with Gasteiger partial charge in [0.25, 0.3) is 0 Å². The minimum atomic E-state index is -1.48. The SMILES string of the molecule is NC(=O)CCC(N)C(=O)NC(CC(=O)O)C(=O)NCC(=O)O. The number of nitrogens with one attached hydrogen (secondary N) is 2. The van der Waals surface area contributed by atoms with Gasteiger partial charge in [0.1, 0.15) is 12.6 Å². The fourth-order valence-electron chi connectivity index (χ4n) is 1.38. The lowest BCUT2D eigenvalue weighted by molar-refractivity contribution is -0.141. The zero-order valence-electron chi connectivity index (χ0n) is 11.6. The van der Waals surface area contributed by atoms with E-state index in [1.165, 1.54) is 0 Å². The van der Waals surface area contributed by atoms with Crippen molar-refractivity contribution in [2.45, 2.75) is 31.3 Å². The fourth-order valence-corrected chi connectivity index (χ4v) is 1.38. The molecule has 0 aromatic rings. The van der Waals surface area contributed by atoms with E-state index in [4.69, 9.17) is 21.7 Å². The standard InChI is InChI=1S/C11H18N4O7/c12-5(1-2-7(13)16)10(21)15-6(3-8(17)18)11(22)14-4-9(19)20/h5-6H,1-4,12H2,(H2,13,16)(H,14,22)(H,15,21)(H,17,18)(H,19,20). The number of carbonyl (C=O) groups excluding carboxylic acids is 3. The van der Waals surface area contributed by atoms with Crippen molar-refractivity contribution in [1.29, 1.82) is 0 Å². The normalized spacial score (nSPS) is 12.8. The molecule has 11 nitrogen and oxygen atoms in total. The predicted octanol–water partition coefficient (Wildman–Crippen LogP) is -3.26. The molecule has 2 unspecified atom stereocenters. The molecule has 0 bridgehead atoms. The van der Waals surface area contributed by atoms with Crippen molar-refractivity contribution >= 4 is 29.7 Å². The monoisotopic (exact) mass is 318 g/mol. The Kier molecular flexibility index (Phi) is 8.15. The van der Waals surface area contributed by atoms with E-state index in [0.717, 1.165) is 0 Å². The van der Waals surface area contributed by atoms with Gasteiger partial charge in [-0.25, -0.2) is 0 Å². The number of amides is 3. The second kappa shape index (κ2) is 9.28. The van der Waals surface area contributed by atoms with Gasteiger partial charge in [-0.3, -0.25) is 24.0 Å². The van der Waals surface area contributed by atoms with Crippen LogP contribution in [-0.2, 0) is 24.0 Å². The lowest BCUT2D eigenvalue weighted by atomic mass is 10.1. The first kappa shape index (κ1) is 19.3. The third-order valence-corrected chi connectivity index (χ3v) is 2.46. The van der Waals surface area contributed by atoms with Crippen molar-refractivity contribution in [3.8, 4) is 0 Å². The van der Waals surface area contributed by atoms with Crippen LogP contribution in [0.25, 0.3) is 0 Å². The highest BCUT2D eigenvalue weighted by molar-refractivity contribution is 5.93. The van der Waals surface area contributed by atoms with Crippen molar-refractivity contribution in [3.05, 3.63) is 0 Å². The van der Waals surface area contributed by atoms with Crippen LogP contribution in [0.2, 0.25) is 0 Å². The highest BCUT2D eigenvalue weighted by atomic mass is 16.4. The Bertz CT molecular complexity index is 465. The van der Waals surface area contributed by atoms with Crippen LogP contribution in [0, 0.1) is 0 Å². The van der Waals surface area contributed by atoms with E-state index >= 15 is 0 Å². The molecule has 124 valence electrons. The quantitative estimate of drug-likeness (QED) is 0.241. The first-order valence-electron chi connectivity index (χ1n) is 6.19. The van der Waals surface area contributed by atoms with Crippen molar-refractivity contribution in [2.24, 2.45) is 11.5 Å². The lowest BCUT2D eigenvalue weighted by Crippen LogP contribution is -2.53. The summed E-state index contributed by atoms with van der Waals surface area (Å²) in [4.78, 5) is 55.0. The third kappa shape index (κ3) is 8.47. The number of carbonyl (C=O) groups is 5. The number of aliphatic carboxylic acids is 2. The van der Waals surface area contributed by atoms with Gasteiger partial charge in [0.2, 0.25) is 17.7 Å². The predicted molar refractivity (Wildman–Crippen MR) is 71.2 cm³/mol. The molecule has 0 saturated heterocycles. The van der Waals surface area contributed by atoms with Crippen molar-refractivity contribution in [1.82, 2.24) is 10.6 Å². The second-order valence-electron chi connectivity index (χ2n) is 4.38. The Labute approximate surface area is 125 Å². The third-order valence-electron chi connectivity index (χ3n) is 2.46. The molecule has 0 aliphatic heterocycles. The minimum Gasteiger partial charge on any atom is -0.481 e. The van der Waals surface area contributed by atoms with Gasteiger partial charge in [-0.15, -0.1) is 0 Å². The van der Waals surface area contributed by atoms with E-state index in [-0.39, 0.29) is 12.8 Å². The Morgan fingerprint density at radius 3 is 2.05 bits per heavy atom. The van der Waals surface area contributed by atoms with Crippen LogP contribution in [0.15, 0.2) is 0 Å². The topological polar surface area (TPSA) is 202 Å². The van der Waals surface area contributed by atoms with E-state index in [0.29, 0.717) is 0 Å². The van der Waals surface area contributed by atoms with Gasteiger partial charge in [-0.2, -0.15) is 0 Å². The summed E-state index contributed by atoms with van der Waals surface area (Å²) in [6, 6.07) is -2.64. The average molecular weight is 318 g/mol. The van der Waals surface area contributed by atoms with Crippen LogP contribution < -0.4 is 22.1 Å². The Morgan fingerprint density at radius 1 is 1.00 bits per heavy atom. The maximum atomic E-state index is 11.7. The number of carboxylic acid groups (broad SMARTS) is 2. The number of hydrogen-bond acceptors (Lipinski definition) is 6. The van der Waals surface area contributed by atoms with Gasteiger partial charge in [0.05, 0.1) is 12.5 Å². The summed E-state index contributed by atoms with van der Waals surface area (Å²) >= 11 is 0. The van der Waals surface area contributed by atoms with Crippen molar-refractivity contribution in [3.63, 3.8) is 0 Å². The minimum absolute atomic E-state index is 0.0717. The van der Waals surface area contributed by atoms with E-state index in [1.807, 2.05) is 5.32 Å². The van der Waals surface area contributed by atoms with E-state index in [9.17, 15) is 24.0 Å². The van der Waals surface area contributed by atoms with E-state index < -0.39 is 54.7 Å². The molecule has 8 N–H and O–H groups in total. The lowest BCUT2D eigenvalue weighted by Gasteiger charge is -2.18. The molecule has 0 spiro atoms. The molecule has 22 heavy (non-hydrogen) atoms. The summed E-state index contributed by atoms with van der Waals surface area (Å²) in [7, 11) is 0. The molecule has 0 fully saturated rings. The van der Waals surface area contributed by atoms with Crippen LogP contribution in [0.5, 0.6) is 0 Å². The summed E-state index contributed by atoms with van der Waals surface area (Å²) < 4.78 is 0. The van der Waals surface area contributed by atoms with E-state index in [2.05, 4.69) is 5.32 Å². The molecule has 2 atom stereocenters. The fraction of sp³-hybridized carbons (Fsp3) is 0.545. The molecule has 0 saturated carbocycles. The van der Waals surface area contributed by atoms with Crippen LogP contribution >= 0.6 is 0 Å². The van der Waals surface area contributed by atoms with Crippen LogP contribution in [0.4, 0.5) is 0 Å². The van der Waals surface area contributed by atoms with Crippen LogP contribution in [-0.4, -0.2) is 58.5 Å². The zero-order chi connectivity index (χ0) is 17.3. The number of primary amides is 1. The molecule has 11 heteroatoms. The Morgan fingerprint density at radius 2 is 1.59 bits per heavy atom. The number of rotatable bonds is 10. The van der Waals surface area contributed by atoms with Gasteiger partial charge in [-0.1, -0.05) is 0 Å². The largest absolute Gasteiger partial charge is 0.481 e. The summed E-state index contributed by atoms with van der Waals surface area (Å²) in [6.45, 7) is -0.724. The molecule has 0 rings (SSSR count). The number of nitrogens with two attached hydrogens (primary N) is 2. The molecular formula is C11H18N4O7. The Balaban J connectivity index is 4.65. The summed E-state index contributed by atoms with van der Waals surface area (Å²) in [5.41, 5.74) is 10.4. The summed E-state index contributed by atoms with van der Waals surface area (Å²) in [5, 5.41) is 21.2. The average Bonchev–Trinajstić information content (AvgIpc) is 2.40. The molecule has 0 aliphatic carbocycles. The smallest absolute Gasteiger partial charge is 0.322 e. The van der Waals surface area contributed by atoms with Gasteiger partial charge >= 0.3 is 11.9 Å². The van der Waals surface area contributed by atoms with Crippen LogP contribution in [0.3, 0.4) is 0 Å². The highest BCUT2D eigenvalue weighted by Gasteiger charge is 2.26. The summed E-state index contributed by atoms with van der Waals surface area (Å²) in [6.07, 6.45) is -0.971. The molecule has 0 radical (unpaired) electrons. The van der Waals surface area contributed by atoms with Gasteiger partial charge < -0.3 is 32.3 Å². The van der Waals surface area contributed by atoms with Gasteiger partial charge in [0.15, 0.2) is 0 Å². The molecule has 3 amide bonds. The molecule has 0 heterocycles. The van der Waals surface area contributed by atoms with Crippen molar-refractivity contribution < 1.29 is 34.2 Å². The molecular weight excluding hydrogens is 300 g/mol. The molecule has 0 aromatic carbocycles. The number of carboxylic acids is 2. The molecule has 0 aromatic heterocycles. The highest BCUT2D eigenvalue weighted by Crippen LogP contribution is 1.98.